The highest BCUT2D eigenvalue weighted by molar-refractivity contribution is 6.35. The maximum absolute atomic E-state index is 13.1. The van der Waals surface area contributed by atoms with Crippen molar-refractivity contribution in [3.05, 3.63) is 99.0 Å². The Morgan fingerprint density at radius 3 is 2.27 bits per heavy atom. The van der Waals surface area contributed by atoms with Crippen molar-refractivity contribution < 1.29 is 4.39 Å². The van der Waals surface area contributed by atoms with Gasteiger partial charge in [-0.3, -0.25) is 14.3 Å². The minimum atomic E-state index is -0.330. The van der Waals surface area contributed by atoms with Gasteiger partial charge >= 0.3 is 0 Å². The van der Waals surface area contributed by atoms with E-state index in [0.29, 0.717) is 39.4 Å². The zero-order valence-electron chi connectivity index (χ0n) is 21.5. The van der Waals surface area contributed by atoms with Crippen LogP contribution in [0.5, 0.6) is 0 Å². The summed E-state index contributed by atoms with van der Waals surface area (Å²) in [6, 6.07) is 16.8. The van der Waals surface area contributed by atoms with Crippen LogP contribution >= 0.6 is 23.2 Å². The van der Waals surface area contributed by atoms with E-state index in [4.69, 9.17) is 28.9 Å². The highest BCUT2D eigenvalue weighted by Gasteiger charge is 2.12. The van der Waals surface area contributed by atoms with E-state index >= 15 is 0 Å². The largest absolute Gasteiger partial charge is 0.382 e. The number of rotatable bonds is 2. The molecule has 37 heavy (non-hydrogen) atoms. The van der Waals surface area contributed by atoms with Gasteiger partial charge in [0.1, 0.15) is 11.3 Å². The molecule has 3 heterocycles. The van der Waals surface area contributed by atoms with E-state index < -0.39 is 0 Å². The first-order valence-corrected chi connectivity index (χ1v) is 12.8. The number of nitrogens with two attached hydrogens (primary N) is 1. The summed E-state index contributed by atoms with van der Waals surface area (Å²) in [6.07, 6.45) is 2.32. The number of benzene rings is 2. The second-order valence-electron chi connectivity index (χ2n) is 7.06. The lowest BCUT2D eigenvalue weighted by molar-refractivity contribution is 0.627. The predicted octanol–water partition coefficient (Wildman–Crippen LogP) is 7.66. The number of anilines is 1. The SMILES string of the molecule is CC.CC.CCc1cc2cccc(Cl)c2c(=O)n1-c1ccc(F)cc1.Nc1nc(Cl)nc2cccnc12. The summed E-state index contributed by atoms with van der Waals surface area (Å²) in [4.78, 5) is 24.5. The van der Waals surface area contributed by atoms with E-state index in [1.165, 1.54) is 12.1 Å². The Kier molecular flexibility index (Phi) is 11.4. The summed E-state index contributed by atoms with van der Waals surface area (Å²) in [5.41, 5.74) is 8.13. The molecule has 0 aliphatic carbocycles. The molecule has 0 spiro atoms. The summed E-state index contributed by atoms with van der Waals surface area (Å²) < 4.78 is 14.7. The van der Waals surface area contributed by atoms with Gasteiger partial charge in [-0.1, -0.05) is 58.4 Å². The molecule has 3 aromatic heterocycles. The Labute approximate surface area is 225 Å². The molecule has 9 heteroatoms. The van der Waals surface area contributed by atoms with Crippen LogP contribution in [0.15, 0.2) is 71.7 Å². The van der Waals surface area contributed by atoms with Gasteiger partial charge < -0.3 is 5.73 Å². The van der Waals surface area contributed by atoms with Gasteiger partial charge in [0.25, 0.3) is 5.56 Å². The topological polar surface area (TPSA) is 86.7 Å². The van der Waals surface area contributed by atoms with E-state index in [-0.39, 0.29) is 16.7 Å². The number of halogens is 3. The first-order chi connectivity index (χ1) is 17.9. The number of aryl methyl sites for hydroxylation is 1. The number of hydrogen-bond acceptors (Lipinski definition) is 5. The Morgan fingerprint density at radius 1 is 0.946 bits per heavy atom. The van der Waals surface area contributed by atoms with Crippen LogP contribution in [0.25, 0.3) is 27.5 Å². The molecular weight excluding hydrogens is 512 g/mol. The number of fused-ring (bicyclic) bond motifs is 2. The molecule has 0 atom stereocenters. The molecule has 0 unspecified atom stereocenters. The Hall–Kier alpha value is -3.55. The van der Waals surface area contributed by atoms with Crippen LogP contribution in [0.2, 0.25) is 10.3 Å². The van der Waals surface area contributed by atoms with Crippen molar-refractivity contribution in [3.63, 3.8) is 0 Å². The molecule has 0 amide bonds. The fourth-order valence-electron chi connectivity index (χ4n) is 3.47. The third-order valence-electron chi connectivity index (χ3n) is 4.97. The summed E-state index contributed by atoms with van der Waals surface area (Å²) in [5, 5.41) is 1.88. The molecule has 194 valence electrons. The van der Waals surface area contributed by atoms with E-state index in [1.54, 1.807) is 41.1 Å². The molecule has 0 aliphatic rings. The third kappa shape index (κ3) is 7.02. The standard InChI is InChI=1S/C17H13ClFNO.C7H5ClN4.2C2H6/c1-2-13-10-11-4-3-5-15(18)16(11)17(21)20(13)14-8-6-12(19)7-9-14;8-7-11-4-2-1-3-10-5(4)6(9)12-7;2*1-2/h3-10H,2H2,1H3;1-3H,(H2,9,11,12);2*1-2H3. The van der Waals surface area contributed by atoms with Crippen molar-refractivity contribution in [2.75, 3.05) is 5.73 Å². The number of pyridine rings is 2. The van der Waals surface area contributed by atoms with Gasteiger partial charge in [0.2, 0.25) is 5.28 Å². The van der Waals surface area contributed by atoms with Gasteiger partial charge in [-0.15, -0.1) is 0 Å². The minimum Gasteiger partial charge on any atom is -0.382 e. The molecule has 0 bridgehead atoms. The first-order valence-electron chi connectivity index (χ1n) is 12.0. The summed E-state index contributed by atoms with van der Waals surface area (Å²) >= 11 is 11.8. The fraction of sp³-hybridized carbons (Fsp3) is 0.214. The van der Waals surface area contributed by atoms with Crippen LogP contribution in [-0.2, 0) is 6.42 Å². The van der Waals surface area contributed by atoms with Crippen molar-refractivity contribution in [1.29, 1.82) is 0 Å². The zero-order valence-corrected chi connectivity index (χ0v) is 23.0. The lowest BCUT2D eigenvalue weighted by Gasteiger charge is -2.14. The van der Waals surface area contributed by atoms with Crippen LogP contribution in [0.1, 0.15) is 40.3 Å². The van der Waals surface area contributed by atoms with Crippen molar-refractivity contribution >= 4 is 50.8 Å². The van der Waals surface area contributed by atoms with Crippen molar-refractivity contribution in [1.82, 2.24) is 19.5 Å². The highest BCUT2D eigenvalue weighted by Crippen LogP contribution is 2.23. The number of aromatic nitrogens is 4. The molecule has 5 aromatic rings. The predicted molar refractivity (Wildman–Crippen MR) is 153 cm³/mol. The third-order valence-corrected chi connectivity index (χ3v) is 5.46. The highest BCUT2D eigenvalue weighted by atomic mass is 35.5. The quantitative estimate of drug-likeness (QED) is 0.232. The molecule has 0 saturated carbocycles. The normalized spacial score (nSPS) is 9.95. The first kappa shape index (κ1) is 29.7. The number of hydrogen-bond donors (Lipinski definition) is 1. The molecule has 0 aliphatic heterocycles. The minimum absolute atomic E-state index is 0.146. The van der Waals surface area contributed by atoms with E-state index in [0.717, 1.165) is 11.1 Å². The average Bonchev–Trinajstić information content (AvgIpc) is 2.92. The molecule has 0 saturated heterocycles. The maximum atomic E-state index is 13.1. The van der Waals surface area contributed by atoms with E-state index in [1.807, 2.05) is 52.8 Å². The van der Waals surface area contributed by atoms with Gasteiger partial charge in [-0.2, -0.15) is 4.98 Å². The van der Waals surface area contributed by atoms with E-state index in [9.17, 15) is 9.18 Å². The van der Waals surface area contributed by atoms with Gasteiger partial charge in [0.15, 0.2) is 5.82 Å². The van der Waals surface area contributed by atoms with Crippen LogP contribution in [0.4, 0.5) is 10.2 Å². The number of nitrogens with zero attached hydrogens (tertiary/aromatic N) is 4. The molecule has 5 rings (SSSR count). The van der Waals surface area contributed by atoms with Crippen LogP contribution < -0.4 is 11.3 Å². The average molecular weight is 542 g/mol. The Bertz CT molecular complexity index is 1520. The lowest BCUT2D eigenvalue weighted by Crippen LogP contribution is -2.22. The zero-order chi connectivity index (χ0) is 27.5. The summed E-state index contributed by atoms with van der Waals surface area (Å²) in [6.45, 7) is 9.98. The molecule has 2 aromatic carbocycles. The van der Waals surface area contributed by atoms with Crippen molar-refractivity contribution in [2.24, 2.45) is 0 Å². The second kappa shape index (κ2) is 14.3. The van der Waals surface area contributed by atoms with Crippen molar-refractivity contribution in [2.45, 2.75) is 41.0 Å². The second-order valence-corrected chi connectivity index (χ2v) is 7.80. The van der Waals surface area contributed by atoms with Gasteiger partial charge in [-0.25, -0.2) is 9.37 Å². The van der Waals surface area contributed by atoms with Crippen LogP contribution in [0, 0.1) is 5.82 Å². The Morgan fingerprint density at radius 2 is 1.62 bits per heavy atom. The number of nitrogen functional groups attached to an aromatic ring is 1. The summed E-state index contributed by atoms with van der Waals surface area (Å²) in [7, 11) is 0. The van der Waals surface area contributed by atoms with Crippen molar-refractivity contribution in [3.8, 4) is 5.69 Å². The van der Waals surface area contributed by atoms with Gasteiger partial charge in [0, 0.05) is 17.6 Å². The molecule has 2 N–H and O–H groups in total. The lowest BCUT2D eigenvalue weighted by atomic mass is 10.1. The molecule has 0 radical (unpaired) electrons. The molecule has 0 fully saturated rings. The smallest absolute Gasteiger partial charge is 0.264 e. The van der Waals surface area contributed by atoms with Gasteiger partial charge in [0.05, 0.1) is 15.9 Å². The van der Waals surface area contributed by atoms with E-state index in [2.05, 4.69) is 15.0 Å². The van der Waals surface area contributed by atoms with Crippen LogP contribution in [-0.4, -0.2) is 19.5 Å². The summed E-state index contributed by atoms with van der Waals surface area (Å²) in [5.74, 6) is -0.0192. The Balaban J connectivity index is 0.000000255. The van der Waals surface area contributed by atoms with Crippen LogP contribution in [0.3, 0.4) is 0 Å². The van der Waals surface area contributed by atoms with Gasteiger partial charge in [-0.05, 0) is 71.9 Å². The monoisotopic (exact) mass is 541 g/mol. The fourth-order valence-corrected chi connectivity index (χ4v) is 3.91. The maximum Gasteiger partial charge on any atom is 0.264 e. The molecular formula is C28H30Cl2FN5O. The molecule has 6 nitrogen and oxygen atoms in total.